The summed E-state index contributed by atoms with van der Waals surface area (Å²) in [5, 5.41) is 34.0. The number of ketones is 4. The molecule has 0 saturated heterocycles. The highest BCUT2D eigenvalue weighted by atomic mass is 16.5. The van der Waals surface area contributed by atoms with Crippen molar-refractivity contribution in [3.05, 3.63) is 91.6 Å². The maximum Gasteiger partial charge on any atom is 0.260 e. The third-order valence-corrected chi connectivity index (χ3v) is 7.92. The van der Waals surface area contributed by atoms with Gasteiger partial charge in [0.1, 0.15) is 22.7 Å². The van der Waals surface area contributed by atoms with Crippen molar-refractivity contribution in [1.82, 2.24) is 4.98 Å². The van der Waals surface area contributed by atoms with E-state index in [9.17, 15) is 39.3 Å². The molecule has 0 bridgehead atoms. The minimum absolute atomic E-state index is 0.0368. The molecule has 3 aliphatic carbocycles. The maximum absolute atomic E-state index is 14.1. The Bertz CT molecular complexity index is 1940. The van der Waals surface area contributed by atoms with E-state index in [0.717, 1.165) is 6.08 Å². The van der Waals surface area contributed by atoms with Crippen LogP contribution in [-0.4, -0.2) is 50.0 Å². The van der Waals surface area contributed by atoms with E-state index in [-0.39, 0.29) is 36.2 Å². The molecule has 0 aliphatic heterocycles. The Morgan fingerprint density at radius 3 is 2.27 bits per heavy atom. The smallest absolute Gasteiger partial charge is 0.260 e. The number of aromatic nitrogens is 1. The number of aryl methyl sites for hydroxylation is 1. The lowest BCUT2D eigenvalue weighted by Gasteiger charge is -2.22. The van der Waals surface area contributed by atoms with Gasteiger partial charge in [-0.05, 0) is 49.8 Å². The lowest BCUT2D eigenvalue weighted by molar-refractivity contribution is 0.0790. The van der Waals surface area contributed by atoms with Gasteiger partial charge in [0, 0.05) is 17.3 Å². The molecule has 3 aromatic rings. The van der Waals surface area contributed by atoms with Gasteiger partial charge in [0.2, 0.25) is 5.78 Å². The lowest BCUT2D eigenvalue weighted by atomic mass is 9.76. The number of phenolic OH excluding ortho intramolecular Hbond substituents is 3. The van der Waals surface area contributed by atoms with Gasteiger partial charge in [-0.1, -0.05) is 24.3 Å². The van der Waals surface area contributed by atoms with Crippen molar-refractivity contribution in [3.8, 4) is 17.2 Å². The minimum Gasteiger partial charge on any atom is -0.507 e. The number of rotatable bonds is 4. The van der Waals surface area contributed by atoms with Gasteiger partial charge in [-0.3, -0.25) is 24.0 Å². The number of phenols is 3. The van der Waals surface area contributed by atoms with E-state index in [1.165, 1.54) is 0 Å². The van der Waals surface area contributed by atoms with Crippen LogP contribution in [0, 0.1) is 0 Å². The van der Waals surface area contributed by atoms with Crippen molar-refractivity contribution in [1.29, 1.82) is 0 Å². The summed E-state index contributed by atoms with van der Waals surface area (Å²) in [4.78, 5) is 69.8. The first-order valence-corrected chi connectivity index (χ1v) is 12.9. The number of H-pyrrole nitrogens is 1. The van der Waals surface area contributed by atoms with E-state index in [2.05, 4.69) is 4.98 Å². The van der Waals surface area contributed by atoms with Crippen LogP contribution >= 0.6 is 0 Å². The summed E-state index contributed by atoms with van der Waals surface area (Å²) in [5.41, 5.74) is -4.36. The molecule has 1 atom stereocenters. The molecule has 0 unspecified atom stereocenters. The number of aromatic hydroxyl groups is 3. The third kappa shape index (κ3) is 3.27. The number of aromatic amines is 1. The fraction of sp³-hybridized carbons (Fsp3) is 0.194. The quantitative estimate of drug-likeness (QED) is 0.213. The summed E-state index contributed by atoms with van der Waals surface area (Å²) in [5.74, 6) is -6.46. The average molecular weight is 554 g/mol. The molecule has 0 radical (unpaired) electrons. The summed E-state index contributed by atoms with van der Waals surface area (Å²) in [6.07, 6.45) is 7.89. The third-order valence-electron chi connectivity index (χ3n) is 7.92. The zero-order valence-corrected chi connectivity index (χ0v) is 22.0. The number of carbonyl (C=O) groups excluding carboxylic acids is 4. The SMILES string of the molecule is C/C=C/C=C/c1cc2cc3c(c(O)c2c(=O)[nH]1)[C@@]1(CC3)C(=O)c2c(O)c3c(c(O)c2C1=O)C(=O)C(OCC)=CC3=O. The average Bonchev–Trinajstić information content (AvgIpc) is 3.42. The number of hydrogen-bond acceptors (Lipinski definition) is 9. The van der Waals surface area contributed by atoms with Gasteiger partial charge >= 0.3 is 0 Å². The van der Waals surface area contributed by atoms with Crippen LogP contribution in [0.4, 0.5) is 0 Å². The number of hydrogen-bond donors (Lipinski definition) is 4. The highest BCUT2D eigenvalue weighted by molar-refractivity contribution is 6.38. The number of Topliss-reactive ketones (excluding diaryl/α,β-unsaturated/α-hetero) is 3. The fourth-order valence-corrected chi connectivity index (χ4v) is 6.23. The number of pyridine rings is 1. The zero-order valence-electron chi connectivity index (χ0n) is 22.0. The van der Waals surface area contributed by atoms with Gasteiger partial charge in [0.05, 0.1) is 34.2 Å². The highest BCUT2D eigenvalue weighted by Crippen LogP contribution is 2.57. The number of fused-ring (bicyclic) bond motifs is 5. The van der Waals surface area contributed by atoms with Gasteiger partial charge < -0.3 is 25.0 Å². The van der Waals surface area contributed by atoms with E-state index in [1.54, 1.807) is 37.3 Å². The van der Waals surface area contributed by atoms with E-state index in [4.69, 9.17) is 4.74 Å². The van der Waals surface area contributed by atoms with Gasteiger partial charge in [-0.15, -0.1) is 0 Å². The second-order valence-corrected chi connectivity index (χ2v) is 10.1. The molecule has 4 N–H and O–H groups in total. The van der Waals surface area contributed by atoms with E-state index >= 15 is 0 Å². The van der Waals surface area contributed by atoms with Crippen LogP contribution in [0.25, 0.3) is 16.8 Å². The van der Waals surface area contributed by atoms with E-state index < -0.39 is 73.6 Å². The van der Waals surface area contributed by atoms with Crippen LogP contribution in [0.5, 0.6) is 17.2 Å². The predicted octanol–water partition coefficient (Wildman–Crippen LogP) is 3.80. The van der Waals surface area contributed by atoms with Gasteiger partial charge in [-0.2, -0.15) is 0 Å². The summed E-state index contributed by atoms with van der Waals surface area (Å²) in [6.45, 7) is 3.46. The number of carbonyl (C=O) groups is 4. The molecule has 0 fully saturated rings. The molecule has 0 saturated carbocycles. The number of benzene rings is 2. The highest BCUT2D eigenvalue weighted by Gasteiger charge is 2.61. The first kappa shape index (κ1) is 26.0. The summed E-state index contributed by atoms with van der Waals surface area (Å²) in [6, 6.07) is 3.28. The van der Waals surface area contributed by atoms with Crippen LogP contribution < -0.4 is 5.56 Å². The van der Waals surface area contributed by atoms with Gasteiger partial charge in [0.25, 0.3) is 5.56 Å². The zero-order chi connectivity index (χ0) is 29.4. The topological polar surface area (TPSA) is 171 Å². The standard InChI is InChI=1S/C31H23NO9/c1-3-5-6-7-15-11-14-10-13-8-9-31(23(13)27(37)18(14)30(40)32-15)28(38)21-22(29(31)39)26(36)20-19(25(21)35)16(33)12-17(24(20)34)41-4-2/h3,5-7,10-12,35-37H,4,8-9H2,1-2H3,(H,32,40)/b5-3+,7-6+/t31-/m0/s1. The molecule has 10 heteroatoms. The largest absolute Gasteiger partial charge is 0.507 e. The molecule has 1 heterocycles. The van der Waals surface area contributed by atoms with Crippen LogP contribution in [0.2, 0.25) is 0 Å². The molecule has 3 aliphatic rings. The van der Waals surface area contributed by atoms with Crippen molar-refractivity contribution in [2.45, 2.75) is 32.1 Å². The molecule has 1 spiro atoms. The van der Waals surface area contributed by atoms with Crippen LogP contribution in [0.15, 0.2) is 47.0 Å². The van der Waals surface area contributed by atoms with E-state index in [1.807, 2.05) is 13.0 Å². The van der Waals surface area contributed by atoms with Crippen LogP contribution in [0.3, 0.4) is 0 Å². The summed E-state index contributed by atoms with van der Waals surface area (Å²) in [7, 11) is 0. The first-order chi connectivity index (χ1) is 19.6. The molecule has 6 rings (SSSR count). The van der Waals surface area contributed by atoms with Crippen molar-refractivity contribution < 1.29 is 39.2 Å². The molecule has 0 amide bonds. The van der Waals surface area contributed by atoms with E-state index in [0.29, 0.717) is 16.6 Å². The molecule has 2 aromatic carbocycles. The van der Waals surface area contributed by atoms with Gasteiger partial charge in [0.15, 0.2) is 23.1 Å². The lowest BCUT2D eigenvalue weighted by Crippen LogP contribution is -2.36. The Hall–Kier alpha value is -5.25. The molecular weight excluding hydrogens is 530 g/mol. The second kappa shape index (κ2) is 8.88. The molecule has 10 nitrogen and oxygen atoms in total. The number of allylic oxidation sites excluding steroid dienone is 5. The normalized spacial score (nSPS) is 19.5. The van der Waals surface area contributed by atoms with Crippen molar-refractivity contribution >= 4 is 40.0 Å². The number of ether oxygens (including phenoxy) is 1. The Morgan fingerprint density at radius 2 is 1.61 bits per heavy atom. The monoisotopic (exact) mass is 553 g/mol. The maximum atomic E-state index is 14.1. The van der Waals surface area contributed by atoms with Crippen molar-refractivity contribution in [2.75, 3.05) is 6.61 Å². The molecule has 1 aromatic heterocycles. The Kier molecular flexibility index (Phi) is 5.63. The minimum atomic E-state index is -2.08. The fourth-order valence-electron chi connectivity index (χ4n) is 6.23. The summed E-state index contributed by atoms with van der Waals surface area (Å²) >= 11 is 0. The van der Waals surface area contributed by atoms with Crippen molar-refractivity contribution in [2.24, 2.45) is 0 Å². The molecule has 206 valence electrons. The van der Waals surface area contributed by atoms with Crippen LogP contribution in [-0.2, 0) is 16.6 Å². The Labute approximate surface area is 231 Å². The summed E-state index contributed by atoms with van der Waals surface area (Å²) < 4.78 is 5.20. The number of nitrogens with one attached hydrogen (secondary N) is 1. The van der Waals surface area contributed by atoms with Gasteiger partial charge in [-0.25, -0.2) is 0 Å². The Morgan fingerprint density at radius 1 is 0.927 bits per heavy atom. The van der Waals surface area contributed by atoms with Crippen molar-refractivity contribution in [3.63, 3.8) is 0 Å². The predicted molar refractivity (Wildman–Crippen MR) is 147 cm³/mol. The first-order valence-electron chi connectivity index (χ1n) is 12.9. The molecular formula is C31H23NO9. The Balaban J connectivity index is 1.58. The molecule has 41 heavy (non-hydrogen) atoms. The second-order valence-electron chi connectivity index (χ2n) is 10.1. The van der Waals surface area contributed by atoms with Crippen LogP contribution in [0.1, 0.15) is 78.5 Å².